The average molecular weight is 1740 g/mol. The third kappa shape index (κ3) is 26.0. The molecular formula is C91H155F2N4Se2Sn2. The van der Waals surface area contributed by atoms with Crippen LogP contribution in [-0.4, -0.2) is 87.3 Å². The SMILES string of the molecule is CCCCCCCCCCCCCCC1(CCCCCCCCCCCCCC)C2=C(/C(=N/[Se])C(=N)[C]([Sn]([CH2]CCC)([CH2]CCC)[CH2]CCC)=C2)c2c(F)c3c(c(F)c21)-c1c(c[c]([Sn]([CH3])([CH3])[CH3])c2n[se]nc12)C3(CCCCCCCCCCCCCC)CCCCCCCCCCCCCC. The number of unbranched alkanes of at least 4 members (excludes halogenated alkanes) is 47. The number of benzene rings is 2. The fourth-order valence-electron chi connectivity index (χ4n) is 19.0. The van der Waals surface area contributed by atoms with Crippen LogP contribution in [0.3, 0.4) is 0 Å². The van der Waals surface area contributed by atoms with E-state index in [0.29, 0.717) is 33.7 Å². The number of rotatable bonds is 63. The maximum absolute atomic E-state index is 20.9. The van der Waals surface area contributed by atoms with Crippen LogP contribution in [-0.2, 0) is 10.8 Å². The van der Waals surface area contributed by atoms with Gasteiger partial charge in [-0.1, -0.05) is 156 Å². The first-order valence-electron chi connectivity index (χ1n) is 44.4. The summed E-state index contributed by atoms with van der Waals surface area (Å²) in [7, 11) is 0. The fraction of sp³-hybridized carbons (Fsp3) is 0.802. The van der Waals surface area contributed by atoms with Crippen LogP contribution in [0.25, 0.3) is 27.7 Å². The molecule has 0 unspecified atom stereocenters. The molecule has 3 aliphatic carbocycles. The molecule has 573 valence electrons. The smallest absolute Gasteiger partial charge is 0.0654 e. The summed E-state index contributed by atoms with van der Waals surface area (Å²) in [5.74, 6) is -0.332. The van der Waals surface area contributed by atoms with E-state index in [0.717, 1.165) is 124 Å². The van der Waals surface area contributed by atoms with Gasteiger partial charge in [-0.05, 0) is 0 Å². The van der Waals surface area contributed by atoms with Crippen molar-refractivity contribution in [2.75, 3.05) is 0 Å². The number of nitrogens with one attached hydrogen (secondary N) is 1. The molecule has 10 heteroatoms. The number of aromatic nitrogens is 2. The molecule has 1 N–H and O–H groups in total. The van der Waals surface area contributed by atoms with Gasteiger partial charge in [0, 0.05) is 0 Å². The Morgan fingerprint density at radius 1 is 0.396 bits per heavy atom. The molecule has 1 aromatic heterocycles. The summed E-state index contributed by atoms with van der Waals surface area (Å²) in [5, 5.41) is 10.8. The zero-order chi connectivity index (χ0) is 72.6. The summed E-state index contributed by atoms with van der Waals surface area (Å²) in [5.41, 5.74) is 8.02. The molecule has 1 radical (unpaired) electrons. The second kappa shape index (κ2) is 50.2. The Morgan fingerprint density at radius 2 is 0.693 bits per heavy atom. The normalized spacial score (nSPS) is 15.2. The summed E-state index contributed by atoms with van der Waals surface area (Å²) in [4.78, 5) is 7.57. The van der Waals surface area contributed by atoms with Crippen LogP contribution in [0.4, 0.5) is 8.78 Å². The Bertz CT molecular complexity index is 2840. The van der Waals surface area contributed by atoms with Crippen molar-refractivity contribution in [3.63, 3.8) is 0 Å². The minimum Gasteiger partial charge on any atom is -0.0654 e. The molecule has 0 saturated heterocycles. The summed E-state index contributed by atoms with van der Waals surface area (Å²) in [6.07, 6.45) is 73.8. The van der Waals surface area contributed by atoms with Crippen molar-refractivity contribution in [1.82, 2.24) is 7.96 Å². The van der Waals surface area contributed by atoms with Gasteiger partial charge in [0.1, 0.15) is 0 Å². The predicted molar refractivity (Wildman–Crippen MR) is 451 cm³/mol. The predicted octanol–water partition coefficient (Wildman–Crippen LogP) is 30.0. The Labute approximate surface area is 646 Å². The zero-order valence-corrected chi connectivity index (χ0v) is 76.8. The van der Waals surface area contributed by atoms with Gasteiger partial charge in [-0.15, -0.1) is 0 Å². The van der Waals surface area contributed by atoms with Gasteiger partial charge in [0.15, 0.2) is 0 Å². The molecule has 101 heavy (non-hydrogen) atoms. The van der Waals surface area contributed by atoms with Crippen LogP contribution in [0, 0.1) is 17.0 Å². The van der Waals surface area contributed by atoms with E-state index in [9.17, 15) is 5.41 Å². The standard InChI is InChI=1S/C76H119F2N4Se2.3C4H9.3CH3.2Sn/c1-5-9-13-17-21-25-29-33-37-41-45-49-57-75(58-50-46-42-38-34-30-26-22-18-14-10-6-2)61-53-55-63(79)73(80-83)65(61)67-69(75)72(78)68-66-62(54-56-64-74(66)82-84-81-64)76(70(68)71(67)77,59-51-47-43-39-35-31-27-23-19-15-11-7-3)60-52-48-44-40-36-32-28-24-20-16-12-8-4;3*1-3-4-2;;;;;/h53-54,79H,5-52,57-60H2,1-4H3;3*1,3-4H2,2H3;3*1H3;;/b79-63?,80-73+;;;;;;;;. The van der Waals surface area contributed by atoms with Crippen molar-refractivity contribution in [2.24, 2.45) is 4.01 Å². The summed E-state index contributed by atoms with van der Waals surface area (Å²) in [6.45, 7) is 16.3. The third-order valence-electron chi connectivity index (χ3n) is 25.0. The molecule has 0 saturated carbocycles. The molecule has 0 spiro atoms. The molecule has 0 aliphatic heterocycles. The van der Waals surface area contributed by atoms with Crippen LogP contribution < -0.4 is 3.58 Å². The number of allylic oxidation sites excluding steroid dienone is 4. The summed E-state index contributed by atoms with van der Waals surface area (Å²) in [6, 6.07) is 2.54. The molecular weight excluding hydrogens is 1580 g/mol. The Kier molecular flexibility index (Phi) is 44.4. The molecule has 3 aliphatic rings. The molecule has 6 rings (SSSR count). The first kappa shape index (κ1) is 89.3. The summed E-state index contributed by atoms with van der Waals surface area (Å²) < 4.78 is 64.1. The van der Waals surface area contributed by atoms with Crippen LogP contribution in [0.5, 0.6) is 0 Å². The first-order valence-corrected chi connectivity index (χ1v) is 64.2. The van der Waals surface area contributed by atoms with Crippen LogP contribution >= 0.6 is 0 Å². The van der Waals surface area contributed by atoms with Crippen molar-refractivity contribution >= 4 is 99.6 Å². The van der Waals surface area contributed by atoms with E-state index in [2.05, 4.69) is 91.7 Å². The monoisotopic (exact) mass is 1740 g/mol. The zero-order valence-electron chi connectivity index (χ0n) is 67.7. The van der Waals surface area contributed by atoms with E-state index in [-0.39, 0.29) is 26.6 Å². The van der Waals surface area contributed by atoms with Gasteiger partial charge in [-0.2, -0.15) is 0 Å². The van der Waals surface area contributed by atoms with Gasteiger partial charge in [0.2, 0.25) is 0 Å². The van der Waals surface area contributed by atoms with Crippen molar-refractivity contribution in [1.29, 1.82) is 5.41 Å². The van der Waals surface area contributed by atoms with E-state index in [1.807, 2.05) is 0 Å². The quantitative estimate of drug-likeness (QED) is 0.0348. The minimum absolute atomic E-state index is 0.154. The van der Waals surface area contributed by atoms with Crippen LogP contribution in [0.1, 0.15) is 443 Å². The molecule has 0 atom stereocenters. The molecule has 2 aromatic carbocycles. The van der Waals surface area contributed by atoms with Crippen molar-refractivity contribution in [3.8, 4) is 11.1 Å². The van der Waals surface area contributed by atoms with E-state index < -0.39 is 47.6 Å². The van der Waals surface area contributed by atoms with Gasteiger partial charge in [0.05, 0.1) is 0 Å². The van der Waals surface area contributed by atoms with Crippen LogP contribution in [0.15, 0.2) is 25.3 Å². The Balaban J connectivity index is 1.57. The van der Waals surface area contributed by atoms with E-state index in [1.165, 1.54) is 302 Å². The molecule has 3 aromatic rings. The Morgan fingerprint density at radius 3 is 1.02 bits per heavy atom. The first-order chi connectivity index (χ1) is 49.3. The van der Waals surface area contributed by atoms with Gasteiger partial charge < -0.3 is 0 Å². The molecule has 4 nitrogen and oxygen atoms in total. The fourth-order valence-corrected chi connectivity index (χ4v) is 41.6. The number of hydrogen-bond acceptors (Lipinski definition) is 4. The van der Waals surface area contributed by atoms with Crippen molar-refractivity contribution in [2.45, 2.75) is 460 Å². The Hall–Kier alpha value is -0.644. The maximum atomic E-state index is 20.9. The van der Waals surface area contributed by atoms with Gasteiger partial charge in [-0.25, -0.2) is 0 Å². The molecule has 0 fully saturated rings. The number of hydrogen-bond donors (Lipinski definition) is 1. The number of fused-ring (bicyclic) bond motifs is 7. The number of nitrogens with zero attached hydrogens (tertiary/aromatic N) is 3. The van der Waals surface area contributed by atoms with E-state index in [1.54, 1.807) is 0 Å². The molecule has 0 bridgehead atoms. The van der Waals surface area contributed by atoms with E-state index >= 15 is 8.78 Å². The minimum atomic E-state index is -3.46. The summed E-state index contributed by atoms with van der Waals surface area (Å²) >= 11 is -3.61. The van der Waals surface area contributed by atoms with Crippen molar-refractivity contribution < 1.29 is 8.78 Å². The topological polar surface area (TPSA) is 62.0 Å². The molecule has 1 heterocycles. The average Bonchev–Trinajstić information content (AvgIpc) is 1.50. The van der Waals surface area contributed by atoms with E-state index in [4.69, 9.17) is 12.0 Å². The van der Waals surface area contributed by atoms with Gasteiger partial charge in [0.25, 0.3) is 0 Å². The third-order valence-corrected chi connectivity index (χ3v) is 47.8. The second-order valence-electron chi connectivity index (χ2n) is 34.2. The molecule has 0 amide bonds. The van der Waals surface area contributed by atoms with Gasteiger partial charge in [-0.3, -0.25) is 0 Å². The second-order valence-corrected chi connectivity index (χ2v) is 63.2. The van der Waals surface area contributed by atoms with Gasteiger partial charge >= 0.3 is 496 Å². The van der Waals surface area contributed by atoms with Crippen LogP contribution in [0.2, 0.25) is 28.1 Å². The van der Waals surface area contributed by atoms with Crippen molar-refractivity contribution in [3.05, 3.63) is 55.2 Å². The number of halogens is 2.